The topological polar surface area (TPSA) is 105 Å². The molecule has 1 aromatic carbocycles. The Bertz CT molecular complexity index is 1040. The van der Waals surface area contributed by atoms with E-state index in [1.165, 1.54) is 0 Å². The number of hydrogen-bond donors (Lipinski definition) is 2. The molecule has 0 unspecified atom stereocenters. The van der Waals surface area contributed by atoms with E-state index in [0.29, 0.717) is 30.4 Å². The summed E-state index contributed by atoms with van der Waals surface area (Å²) in [6.07, 6.45) is 1.33. The molecule has 0 aliphatic heterocycles. The number of ether oxygens (including phenoxy) is 2. The summed E-state index contributed by atoms with van der Waals surface area (Å²) < 4.78 is 10.4. The molecule has 3 aromatic rings. The molecule has 2 N–H and O–H groups in total. The van der Waals surface area contributed by atoms with Gasteiger partial charge >= 0.3 is 0 Å². The molecule has 2 heterocycles. The molecule has 0 atom stereocenters. The highest BCUT2D eigenvalue weighted by Crippen LogP contribution is 2.23. The molecule has 8 heteroatoms. The first-order valence-corrected chi connectivity index (χ1v) is 9.22. The summed E-state index contributed by atoms with van der Waals surface area (Å²) in [5.41, 5.74) is 4.27. The maximum Gasteiger partial charge on any atom is 0.225 e. The maximum absolute atomic E-state index is 9.25. The SMILES string of the molecule is COC(CNc1nc(NCc2cccc(C#N)c2C)c2cc(C)ncc2n1)OC. The van der Waals surface area contributed by atoms with Crippen LogP contribution in [0.25, 0.3) is 10.9 Å². The Balaban J connectivity index is 1.90. The minimum atomic E-state index is -0.404. The molecule has 0 aliphatic rings. The van der Waals surface area contributed by atoms with Crippen molar-refractivity contribution in [1.82, 2.24) is 15.0 Å². The zero-order chi connectivity index (χ0) is 20.8. The van der Waals surface area contributed by atoms with Gasteiger partial charge in [-0.3, -0.25) is 4.98 Å². The maximum atomic E-state index is 9.25. The lowest BCUT2D eigenvalue weighted by Gasteiger charge is -2.16. The van der Waals surface area contributed by atoms with E-state index in [1.54, 1.807) is 20.4 Å². The number of hydrogen-bond acceptors (Lipinski definition) is 8. The van der Waals surface area contributed by atoms with E-state index in [1.807, 2.05) is 38.1 Å². The van der Waals surface area contributed by atoms with Gasteiger partial charge in [0.05, 0.1) is 29.9 Å². The van der Waals surface area contributed by atoms with Crippen LogP contribution in [0.15, 0.2) is 30.5 Å². The van der Waals surface area contributed by atoms with Crippen molar-refractivity contribution in [3.8, 4) is 6.07 Å². The van der Waals surface area contributed by atoms with Crippen LogP contribution in [0.4, 0.5) is 11.8 Å². The van der Waals surface area contributed by atoms with Crippen LogP contribution in [-0.4, -0.2) is 42.0 Å². The Morgan fingerprint density at radius 2 is 1.93 bits per heavy atom. The van der Waals surface area contributed by atoms with Crippen molar-refractivity contribution in [2.75, 3.05) is 31.4 Å². The highest BCUT2D eigenvalue weighted by Gasteiger charge is 2.12. The van der Waals surface area contributed by atoms with Crippen LogP contribution >= 0.6 is 0 Å². The van der Waals surface area contributed by atoms with Crippen molar-refractivity contribution in [2.45, 2.75) is 26.7 Å². The Morgan fingerprint density at radius 3 is 2.66 bits per heavy atom. The molecule has 0 amide bonds. The number of rotatable bonds is 8. The van der Waals surface area contributed by atoms with Crippen LogP contribution in [0.5, 0.6) is 0 Å². The van der Waals surface area contributed by atoms with Crippen molar-refractivity contribution in [2.24, 2.45) is 0 Å². The molecule has 3 rings (SSSR count). The number of fused-ring (bicyclic) bond motifs is 1. The molecule has 150 valence electrons. The zero-order valence-electron chi connectivity index (χ0n) is 17.0. The molecule has 0 aliphatic carbocycles. The first-order chi connectivity index (χ1) is 14.0. The van der Waals surface area contributed by atoms with Crippen LogP contribution < -0.4 is 10.6 Å². The van der Waals surface area contributed by atoms with Gasteiger partial charge < -0.3 is 20.1 Å². The smallest absolute Gasteiger partial charge is 0.225 e. The van der Waals surface area contributed by atoms with E-state index in [0.717, 1.165) is 27.7 Å². The molecule has 0 bridgehead atoms. The first-order valence-electron chi connectivity index (χ1n) is 9.22. The highest BCUT2D eigenvalue weighted by atomic mass is 16.7. The highest BCUT2D eigenvalue weighted by molar-refractivity contribution is 5.89. The number of aryl methyl sites for hydroxylation is 1. The Hall–Kier alpha value is -3.28. The van der Waals surface area contributed by atoms with Gasteiger partial charge in [0.2, 0.25) is 5.95 Å². The molecule has 29 heavy (non-hydrogen) atoms. The van der Waals surface area contributed by atoms with Gasteiger partial charge in [-0.2, -0.15) is 10.2 Å². The number of pyridine rings is 1. The van der Waals surface area contributed by atoms with Gasteiger partial charge in [-0.15, -0.1) is 0 Å². The normalized spacial score (nSPS) is 10.9. The minimum Gasteiger partial charge on any atom is -0.365 e. The summed E-state index contributed by atoms with van der Waals surface area (Å²) in [4.78, 5) is 13.5. The van der Waals surface area contributed by atoms with Crippen LogP contribution in [0.1, 0.15) is 22.4 Å². The number of benzene rings is 1. The van der Waals surface area contributed by atoms with Gasteiger partial charge in [0, 0.05) is 31.8 Å². The monoisotopic (exact) mass is 392 g/mol. The molecule has 8 nitrogen and oxygen atoms in total. The van der Waals surface area contributed by atoms with E-state index in [4.69, 9.17) is 9.47 Å². The Morgan fingerprint density at radius 1 is 1.14 bits per heavy atom. The lowest BCUT2D eigenvalue weighted by Crippen LogP contribution is -2.24. The van der Waals surface area contributed by atoms with Gasteiger partial charge in [0.25, 0.3) is 0 Å². The molecule has 0 spiro atoms. The van der Waals surface area contributed by atoms with Crippen LogP contribution in [0.3, 0.4) is 0 Å². The van der Waals surface area contributed by atoms with E-state index in [9.17, 15) is 5.26 Å². The Kier molecular flexibility index (Phi) is 6.54. The van der Waals surface area contributed by atoms with Crippen molar-refractivity contribution in [3.63, 3.8) is 0 Å². The van der Waals surface area contributed by atoms with Gasteiger partial charge in [-0.25, -0.2) is 4.98 Å². The van der Waals surface area contributed by atoms with E-state index in [2.05, 4.69) is 31.7 Å². The fourth-order valence-corrected chi connectivity index (χ4v) is 2.96. The predicted octanol–water partition coefficient (Wildman–Crippen LogP) is 3.16. The largest absolute Gasteiger partial charge is 0.365 e. The summed E-state index contributed by atoms with van der Waals surface area (Å²) >= 11 is 0. The third-order valence-corrected chi connectivity index (χ3v) is 4.68. The van der Waals surface area contributed by atoms with Gasteiger partial charge in [-0.1, -0.05) is 12.1 Å². The number of anilines is 2. The molecule has 0 radical (unpaired) electrons. The average molecular weight is 392 g/mol. The number of methoxy groups -OCH3 is 2. The minimum absolute atomic E-state index is 0.403. The summed E-state index contributed by atoms with van der Waals surface area (Å²) in [6, 6.07) is 9.88. The second kappa shape index (κ2) is 9.28. The summed E-state index contributed by atoms with van der Waals surface area (Å²) in [6.45, 7) is 4.82. The summed E-state index contributed by atoms with van der Waals surface area (Å²) in [5.74, 6) is 1.14. The summed E-state index contributed by atoms with van der Waals surface area (Å²) in [7, 11) is 3.16. The third kappa shape index (κ3) is 4.77. The van der Waals surface area contributed by atoms with E-state index < -0.39 is 6.29 Å². The fourth-order valence-electron chi connectivity index (χ4n) is 2.96. The van der Waals surface area contributed by atoms with E-state index >= 15 is 0 Å². The molecular formula is C21H24N6O2. The summed E-state index contributed by atoms with van der Waals surface area (Å²) in [5, 5.41) is 16.7. The second-order valence-corrected chi connectivity index (χ2v) is 6.58. The Labute approximate surface area is 169 Å². The van der Waals surface area contributed by atoms with Gasteiger partial charge in [0.15, 0.2) is 6.29 Å². The van der Waals surface area contributed by atoms with Gasteiger partial charge in [0.1, 0.15) is 5.82 Å². The molecular weight excluding hydrogens is 368 g/mol. The van der Waals surface area contributed by atoms with Crippen molar-refractivity contribution in [1.29, 1.82) is 5.26 Å². The van der Waals surface area contributed by atoms with Crippen molar-refractivity contribution < 1.29 is 9.47 Å². The lowest BCUT2D eigenvalue weighted by molar-refractivity contribution is -0.0914. The average Bonchev–Trinajstić information content (AvgIpc) is 2.73. The number of nitrogens with one attached hydrogen (secondary N) is 2. The third-order valence-electron chi connectivity index (χ3n) is 4.68. The van der Waals surface area contributed by atoms with Crippen LogP contribution in [0.2, 0.25) is 0 Å². The number of nitriles is 1. The van der Waals surface area contributed by atoms with Crippen molar-refractivity contribution in [3.05, 3.63) is 52.8 Å². The number of nitrogens with zero attached hydrogens (tertiary/aromatic N) is 4. The molecule has 0 saturated heterocycles. The quantitative estimate of drug-likeness (QED) is 0.563. The van der Waals surface area contributed by atoms with Gasteiger partial charge in [-0.05, 0) is 37.1 Å². The predicted molar refractivity (Wildman–Crippen MR) is 112 cm³/mol. The number of aromatic nitrogens is 3. The molecule has 2 aromatic heterocycles. The van der Waals surface area contributed by atoms with Crippen LogP contribution in [-0.2, 0) is 16.0 Å². The lowest BCUT2D eigenvalue weighted by atomic mass is 10.0. The second-order valence-electron chi connectivity index (χ2n) is 6.58. The zero-order valence-corrected chi connectivity index (χ0v) is 17.0. The van der Waals surface area contributed by atoms with Crippen LogP contribution in [0, 0.1) is 25.2 Å². The van der Waals surface area contributed by atoms with E-state index in [-0.39, 0.29) is 0 Å². The van der Waals surface area contributed by atoms with Crippen molar-refractivity contribution >= 4 is 22.7 Å². The standard InChI is InChI=1S/C21H24N6O2/c1-13-8-17-18(11-23-13)26-21(25-12-19(28-3)29-4)27-20(17)24-10-16-7-5-6-15(9-22)14(16)2/h5-8,11,19H,10,12H2,1-4H3,(H2,24,25,26,27). The fraction of sp³-hybridized carbons (Fsp3) is 0.333. The molecule has 0 fully saturated rings. The first kappa shape index (κ1) is 20.5. The molecule has 0 saturated carbocycles.